The molecular weight excluding hydrogens is 617 g/mol. The summed E-state index contributed by atoms with van der Waals surface area (Å²) in [5.41, 5.74) is 15.1. The molecule has 0 bridgehead atoms. The van der Waals surface area contributed by atoms with Crippen LogP contribution in [-0.4, -0.2) is 0 Å². The lowest BCUT2D eigenvalue weighted by molar-refractivity contribution is 0.394. The lowest BCUT2D eigenvalue weighted by atomic mass is 9.65. The Kier molecular flexibility index (Phi) is 5.84. The fourth-order valence-corrected chi connectivity index (χ4v) is 10.3. The van der Waals surface area contributed by atoms with Crippen LogP contribution in [0, 0.1) is 5.92 Å². The predicted molar refractivity (Wildman–Crippen MR) is 210 cm³/mol. The average molecular weight is 653 g/mol. The van der Waals surface area contributed by atoms with Gasteiger partial charge in [-0.2, -0.15) is 0 Å². The summed E-state index contributed by atoms with van der Waals surface area (Å²) in [7, 11) is 0. The Morgan fingerprint density at radius 2 is 1.06 bits per heavy atom. The van der Waals surface area contributed by atoms with Crippen molar-refractivity contribution in [3.63, 3.8) is 0 Å². The second kappa shape index (κ2) is 10.3. The molecule has 7 aromatic carbocycles. The van der Waals surface area contributed by atoms with E-state index in [0.29, 0.717) is 11.8 Å². The number of hydrogen-bond acceptors (Lipinski definition) is 1. The Balaban J connectivity index is 1.19. The Morgan fingerprint density at radius 3 is 1.84 bits per heavy atom. The van der Waals surface area contributed by atoms with Gasteiger partial charge in [0.15, 0.2) is 0 Å². The summed E-state index contributed by atoms with van der Waals surface area (Å²) < 4.78 is 7.00. The van der Waals surface area contributed by atoms with Crippen molar-refractivity contribution < 1.29 is 4.74 Å². The minimum absolute atomic E-state index is 0.0715. The number of rotatable bonds is 2. The maximum absolute atomic E-state index is 7.00. The highest BCUT2D eigenvalue weighted by molar-refractivity contribution is 6.04. The molecule has 0 aromatic heterocycles. The van der Waals surface area contributed by atoms with E-state index in [0.717, 1.165) is 16.9 Å². The highest BCUT2D eigenvalue weighted by Gasteiger charge is 2.51. The molecule has 1 nitrogen and oxygen atoms in total. The van der Waals surface area contributed by atoms with Crippen LogP contribution in [0.1, 0.15) is 53.1 Å². The molecule has 1 spiro atoms. The third-order valence-corrected chi connectivity index (χ3v) is 12.4. The van der Waals surface area contributed by atoms with E-state index in [9.17, 15) is 0 Å². The van der Waals surface area contributed by atoms with Crippen LogP contribution in [0.4, 0.5) is 0 Å². The molecule has 0 amide bonds. The van der Waals surface area contributed by atoms with Crippen LogP contribution in [0.2, 0.25) is 0 Å². The molecule has 1 heterocycles. The number of para-hydroxylation sites is 1. The minimum Gasteiger partial charge on any atom is -0.456 e. The van der Waals surface area contributed by atoms with Crippen LogP contribution < -0.4 is 4.74 Å². The molecule has 51 heavy (non-hydrogen) atoms. The highest BCUT2D eigenvalue weighted by Crippen LogP contribution is 2.63. The molecule has 242 valence electrons. The molecule has 0 saturated heterocycles. The van der Waals surface area contributed by atoms with E-state index in [1.807, 2.05) is 0 Å². The van der Waals surface area contributed by atoms with E-state index >= 15 is 0 Å². The summed E-state index contributed by atoms with van der Waals surface area (Å²) in [5, 5.41) is 2.33. The summed E-state index contributed by atoms with van der Waals surface area (Å²) >= 11 is 0. The van der Waals surface area contributed by atoms with Crippen LogP contribution in [0.5, 0.6) is 11.5 Å². The fourth-order valence-electron chi connectivity index (χ4n) is 10.3. The van der Waals surface area contributed by atoms with Gasteiger partial charge in [0.2, 0.25) is 0 Å². The SMILES string of the molecule is CC1(C)c2cccc(-c3cccc(-c4cc5c(c6ccccc46)Oc4ccccc4C54c5ccccc5-c5ccccc54)c3)c2C2C=CC=CC21. The van der Waals surface area contributed by atoms with Crippen LogP contribution >= 0.6 is 0 Å². The third-order valence-electron chi connectivity index (χ3n) is 12.4. The van der Waals surface area contributed by atoms with Crippen LogP contribution in [0.15, 0.2) is 170 Å². The molecule has 0 N–H and O–H groups in total. The van der Waals surface area contributed by atoms with Crippen molar-refractivity contribution in [2.24, 2.45) is 5.92 Å². The van der Waals surface area contributed by atoms with E-state index in [4.69, 9.17) is 4.74 Å². The van der Waals surface area contributed by atoms with Gasteiger partial charge in [-0.05, 0) is 90.6 Å². The van der Waals surface area contributed by atoms with Crippen LogP contribution in [0.3, 0.4) is 0 Å². The summed E-state index contributed by atoms with van der Waals surface area (Å²) in [5.74, 6) is 2.70. The topological polar surface area (TPSA) is 9.23 Å². The molecule has 2 unspecified atom stereocenters. The van der Waals surface area contributed by atoms with Gasteiger partial charge in [-0.25, -0.2) is 0 Å². The second-order valence-corrected chi connectivity index (χ2v) is 15.2. The molecule has 0 saturated carbocycles. The van der Waals surface area contributed by atoms with Crippen LogP contribution in [-0.2, 0) is 10.8 Å². The maximum atomic E-state index is 7.00. The number of hydrogen-bond donors (Lipinski definition) is 0. The zero-order valence-electron chi connectivity index (χ0n) is 28.7. The second-order valence-electron chi connectivity index (χ2n) is 15.2. The zero-order chi connectivity index (χ0) is 33.9. The highest BCUT2D eigenvalue weighted by atomic mass is 16.5. The summed E-state index contributed by atoms with van der Waals surface area (Å²) in [4.78, 5) is 0. The predicted octanol–water partition coefficient (Wildman–Crippen LogP) is 12.8. The van der Waals surface area contributed by atoms with Gasteiger partial charge >= 0.3 is 0 Å². The van der Waals surface area contributed by atoms with E-state index in [1.54, 1.807) is 0 Å². The van der Waals surface area contributed by atoms with Gasteiger partial charge < -0.3 is 4.74 Å². The van der Waals surface area contributed by atoms with E-state index in [-0.39, 0.29) is 5.41 Å². The van der Waals surface area contributed by atoms with Gasteiger partial charge in [-0.15, -0.1) is 0 Å². The smallest absolute Gasteiger partial charge is 0.140 e. The van der Waals surface area contributed by atoms with E-state index < -0.39 is 5.41 Å². The first-order valence-electron chi connectivity index (χ1n) is 18.2. The first-order chi connectivity index (χ1) is 25.1. The number of benzene rings is 7. The molecule has 1 aliphatic heterocycles. The van der Waals surface area contributed by atoms with Crippen molar-refractivity contribution in [1.82, 2.24) is 0 Å². The van der Waals surface area contributed by atoms with Crippen molar-refractivity contribution in [2.75, 3.05) is 0 Å². The summed E-state index contributed by atoms with van der Waals surface area (Å²) in [6, 6.07) is 54.1. The monoisotopic (exact) mass is 652 g/mol. The summed E-state index contributed by atoms with van der Waals surface area (Å²) in [6.07, 6.45) is 9.29. The normalized spacial score (nSPS) is 19.1. The molecule has 1 heteroatoms. The average Bonchev–Trinajstić information content (AvgIpc) is 3.61. The largest absolute Gasteiger partial charge is 0.456 e. The first-order valence-corrected chi connectivity index (χ1v) is 18.2. The van der Waals surface area contributed by atoms with Gasteiger partial charge in [0.1, 0.15) is 11.5 Å². The van der Waals surface area contributed by atoms with Gasteiger partial charge in [0.05, 0.1) is 5.41 Å². The Bertz CT molecular complexity index is 2620. The maximum Gasteiger partial charge on any atom is 0.140 e. The zero-order valence-corrected chi connectivity index (χ0v) is 28.7. The standard InChI is InChI=1S/C50H36O/c1-49(2)40-23-8-7-21-38(40)47-33(22-14-27-44(47)49)31-15-13-16-32(29-31)39-30-45-48(37-20-4-3-17-34(37)39)51-46-28-12-11-26-43(46)50(45)41-24-9-5-18-35(41)36-19-6-10-25-42(36)50/h3-30,38,40H,1-2H3. The molecule has 7 aromatic rings. The lowest BCUT2D eigenvalue weighted by Crippen LogP contribution is -2.32. The minimum atomic E-state index is -0.518. The first kappa shape index (κ1) is 28.9. The number of ether oxygens (including phenoxy) is 1. The molecule has 11 rings (SSSR count). The molecule has 0 fully saturated rings. The van der Waals surface area contributed by atoms with Crippen molar-refractivity contribution in [1.29, 1.82) is 0 Å². The lowest BCUT2D eigenvalue weighted by Gasteiger charge is -2.40. The van der Waals surface area contributed by atoms with E-state index in [1.165, 1.54) is 72.1 Å². The Hall–Kier alpha value is -5.92. The van der Waals surface area contributed by atoms with Gasteiger partial charge in [0.25, 0.3) is 0 Å². The molecule has 4 aliphatic rings. The van der Waals surface area contributed by atoms with Gasteiger partial charge in [-0.1, -0.05) is 166 Å². The van der Waals surface area contributed by atoms with E-state index in [2.05, 4.69) is 184 Å². The number of fused-ring (bicyclic) bond motifs is 14. The van der Waals surface area contributed by atoms with Gasteiger partial charge in [0, 0.05) is 22.4 Å². The van der Waals surface area contributed by atoms with Crippen LogP contribution in [0.25, 0.3) is 44.2 Å². The fraction of sp³-hybridized carbons (Fsp3) is 0.120. The number of allylic oxidation sites excluding steroid dienone is 4. The van der Waals surface area contributed by atoms with Crippen molar-refractivity contribution in [3.05, 3.63) is 203 Å². The Labute approximate surface area is 299 Å². The molecule has 0 radical (unpaired) electrons. The molecule has 3 aliphatic carbocycles. The molecule has 2 atom stereocenters. The molecular formula is C50H36O. The van der Waals surface area contributed by atoms with Crippen molar-refractivity contribution in [3.8, 4) is 44.9 Å². The quantitative estimate of drug-likeness (QED) is 0.181. The summed E-state index contributed by atoms with van der Waals surface area (Å²) in [6.45, 7) is 4.82. The van der Waals surface area contributed by atoms with Crippen molar-refractivity contribution in [2.45, 2.75) is 30.6 Å². The Morgan fingerprint density at radius 1 is 0.471 bits per heavy atom. The third kappa shape index (κ3) is 3.71. The van der Waals surface area contributed by atoms with Gasteiger partial charge in [-0.3, -0.25) is 0 Å². The van der Waals surface area contributed by atoms with Crippen molar-refractivity contribution >= 4 is 10.8 Å².